The zero-order chi connectivity index (χ0) is 16.3. The highest BCUT2D eigenvalue weighted by Crippen LogP contribution is 2.40. The lowest BCUT2D eigenvalue weighted by molar-refractivity contribution is -0.0273. The first kappa shape index (κ1) is 17.5. The van der Waals surface area contributed by atoms with Crippen molar-refractivity contribution in [3.8, 4) is 11.1 Å². The van der Waals surface area contributed by atoms with E-state index in [0.29, 0.717) is 4.88 Å². The Kier molecular flexibility index (Phi) is 6.01. The number of aryl methyl sites for hydroxylation is 1. The van der Waals surface area contributed by atoms with Gasteiger partial charge in [0, 0.05) is 10.5 Å². The highest BCUT2D eigenvalue weighted by molar-refractivity contribution is 9.11. The van der Waals surface area contributed by atoms with E-state index in [1.807, 2.05) is 32.0 Å². The largest absolute Gasteiger partial charge is 0.465 e. The quantitative estimate of drug-likeness (QED) is 0.435. The third-order valence-electron chi connectivity index (χ3n) is 3.09. The molecule has 0 radical (unpaired) electrons. The summed E-state index contributed by atoms with van der Waals surface area (Å²) in [6, 6.07) is 5.75. The van der Waals surface area contributed by atoms with E-state index in [9.17, 15) is 4.79 Å². The molecule has 0 saturated carbocycles. The van der Waals surface area contributed by atoms with Gasteiger partial charge in [0.2, 0.25) is 0 Å². The Hall–Kier alpha value is -0.900. The van der Waals surface area contributed by atoms with Crippen LogP contribution in [0.2, 0.25) is 0 Å². The molecule has 1 aromatic heterocycles. The van der Waals surface area contributed by atoms with Crippen molar-refractivity contribution in [1.82, 2.24) is 5.64 Å². The van der Waals surface area contributed by atoms with Crippen molar-refractivity contribution < 1.29 is 19.0 Å². The predicted octanol–water partition coefficient (Wildman–Crippen LogP) is 4.50. The normalized spacial score (nSPS) is 10.8. The maximum absolute atomic E-state index is 12.0. The van der Waals surface area contributed by atoms with E-state index in [4.69, 9.17) is 14.2 Å². The third kappa shape index (κ3) is 3.53. The molecule has 5 nitrogen and oxygen atoms in total. The van der Waals surface area contributed by atoms with Crippen molar-refractivity contribution in [1.29, 1.82) is 0 Å². The fourth-order valence-corrected chi connectivity index (χ4v) is 4.13. The number of benzene rings is 1. The van der Waals surface area contributed by atoms with Crippen LogP contribution in [0.5, 0.6) is 0 Å². The van der Waals surface area contributed by atoms with Crippen LogP contribution in [0, 0.1) is 13.8 Å². The lowest BCUT2D eigenvalue weighted by atomic mass is 10.0. The number of ether oxygens (including phenoxy) is 1. The summed E-state index contributed by atoms with van der Waals surface area (Å²) in [6.45, 7) is 3.89. The van der Waals surface area contributed by atoms with Gasteiger partial charge in [0.25, 0.3) is 0 Å². The van der Waals surface area contributed by atoms with Gasteiger partial charge in [-0.3, -0.25) is 5.21 Å². The molecule has 0 amide bonds. The van der Waals surface area contributed by atoms with Crippen LogP contribution in [0.1, 0.15) is 20.8 Å². The van der Waals surface area contributed by atoms with Gasteiger partial charge in [0.1, 0.15) is 4.88 Å². The van der Waals surface area contributed by atoms with Crippen LogP contribution >= 0.6 is 39.3 Å². The Labute approximate surface area is 144 Å². The summed E-state index contributed by atoms with van der Waals surface area (Å²) in [5.74, 6) is -0.349. The van der Waals surface area contributed by atoms with Gasteiger partial charge in [0.15, 0.2) is 0 Å². The standard InChI is InChI=1S/C14H14BrNO4S2/c1-7-6-9(4-5-10(7)22-20-16-18)11-8(2)13(15)21-12(11)14(17)19-3/h4-6,16,18H,1-3H3. The molecule has 0 aliphatic heterocycles. The lowest BCUT2D eigenvalue weighted by Crippen LogP contribution is -2.02. The third-order valence-corrected chi connectivity index (χ3v) is 6.03. The molecule has 2 rings (SSSR count). The van der Waals surface area contributed by atoms with Gasteiger partial charge < -0.3 is 4.74 Å². The molecular weight excluding hydrogens is 390 g/mol. The van der Waals surface area contributed by atoms with E-state index < -0.39 is 0 Å². The molecule has 0 fully saturated rings. The van der Waals surface area contributed by atoms with Crippen molar-refractivity contribution in [2.75, 3.05) is 7.11 Å². The van der Waals surface area contributed by atoms with E-state index in [-0.39, 0.29) is 5.97 Å². The highest BCUT2D eigenvalue weighted by atomic mass is 79.9. The van der Waals surface area contributed by atoms with Gasteiger partial charge in [-0.1, -0.05) is 17.8 Å². The zero-order valence-corrected chi connectivity index (χ0v) is 15.3. The molecule has 8 heteroatoms. The van der Waals surface area contributed by atoms with Crippen LogP contribution in [0.3, 0.4) is 0 Å². The monoisotopic (exact) mass is 403 g/mol. The number of rotatable bonds is 5. The molecule has 0 unspecified atom stereocenters. The molecule has 22 heavy (non-hydrogen) atoms. The number of nitrogens with one attached hydrogen (secondary N) is 1. The average Bonchev–Trinajstić information content (AvgIpc) is 2.81. The minimum Gasteiger partial charge on any atom is -0.465 e. The lowest BCUT2D eigenvalue weighted by Gasteiger charge is -2.09. The highest BCUT2D eigenvalue weighted by Gasteiger charge is 2.21. The SMILES string of the molecule is COC(=O)c1sc(Br)c(C)c1-c1ccc(SONO)c(C)c1. The van der Waals surface area contributed by atoms with Crippen LogP contribution in [0.4, 0.5) is 0 Å². The molecule has 0 aliphatic carbocycles. The van der Waals surface area contributed by atoms with Crippen molar-refractivity contribution in [2.24, 2.45) is 0 Å². The summed E-state index contributed by atoms with van der Waals surface area (Å²) in [5, 5.41) is 8.47. The first-order valence-corrected chi connectivity index (χ1v) is 8.55. The number of carbonyl (C=O) groups is 1. The van der Waals surface area contributed by atoms with Gasteiger partial charge >= 0.3 is 5.97 Å². The summed E-state index contributed by atoms with van der Waals surface area (Å²) >= 11 is 5.86. The number of halogens is 1. The molecule has 1 aromatic carbocycles. The number of hydrogen-bond donors (Lipinski definition) is 2. The fraction of sp³-hybridized carbons (Fsp3) is 0.214. The van der Waals surface area contributed by atoms with Gasteiger partial charge in [0.05, 0.1) is 22.9 Å². The molecule has 0 bridgehead atoms. The fourth-order valence-electron chi connectivity index (χ4n) is 2.03. The first-order chi connectivity index (χ1) is 10.5. The number of carbonyl (C=O) groups excluding carboxylic acids is 1. The van der Waals surface area contributed by atoms with Crippen LogP contribution in [0.15, 0.2) is 26.9 Å². The van der Waals surface area contributed by atoms with Crippen LogP contribution in [-0.2, 0) is 9.02 Å². The first-order valence-electron chi connectivity index (χ1n) is 6.20. The summed E-state index contributed by atoms with van der Waals surface area (Å²) in [7, 11) is 1.37. The molecule has 0 atom stereocenters. The van der Waals surface area contributed by atoms with Crippen molar-refractivity contribution in [3.63, 3.8) is 0 Å². The van der Waals surface area contributed by atoms with Gasteiger partial charge in [-0.2, -0.15) is 0 Å². The Morgan fingerprint density at radius 2 is 2.14 bits per heavy atom. The summed E-state index contributed by atoms with van der Waals surface area (Å²) in [4.78, 5) is 13.4. The molecule has 118 valence electrons. The predicted molar refractivity (Wildman–Crippen MR) is 90.1 cm³/mol. The summed E-state index contributed by atoms with van der Waals surface area (Å²) in [6.07, 6.45) is 0. The molecule has 0 saturated heterocycles. The summed E-state index contributed by atoms with van der Waals surface area (Å²) < 4.78 is 10.5. The maximum Gasteiger partial charge on any atom is 0.348 e. The Balaban J connectivity index is 2.48. The number of esters is 1. The van der Waals surface area contributed by atoms with Gasteiger partial charge in [-0.15, -0.1) is 11.3 Å². The number of hydrogen-bond acceptors (Lipinski definition) is 7. The van der Waals surface area contributed by atoms with Gasteiger partial charge in [-0.25, -0.2) is 9.08 Å². The minimum absolute atomic E-state index is 0.349. The van der Waals surface area contributed by atoms with E-state index in [2.05, 4.69) is 15.9 Å². The van der Waals surface area contributed by atoms with E-state index >= 15 is 0 Å². The molecular formula is C14H14BrNO4S2. The topological polar surface area (TPSA) is 67.8 Å². The smallest absolute Gasteiger partial charge is 0.348 e. The van der Waals surface area contributed by atoms with Crippen LogP contribution in [-0.4, -0.2) is 18.3 Å². The average molecular weight is 404 g/mol. The maximum atomic E-state index is 12.0. The Bertz CT molecular complexity index is 702. The van der Waals surface area contributed by atoms with Crippen molar-refractivity contribution in [2.45, 2.75) is 18.7 Å². The van der Waals surface area contributed by atoms with E-state index in [0.717, 1.165) is 43.0 Å². The zero-order valence-electron chi connectivity index (χ0n) is 12.1. The van der Waals surface area contributed by atoms with E-state index in [1.54, 1.807) is 5.64 Å². The second-order valence-corrected chi connectivity index (χ2v) is 7.55. The molecule has 0 aliphatic rings. The Morgan fingerprint density at radius 1 is 1.41 bits per heavy atom. The van der Waals surface area contributed by atoms with E-state index in [1.165, 1.54) is 18.4 Å². The second-order valence-electron chi connectivity index (χ2n) is 4.43. The molecule has 0 spiro atoms. The number of thiophene rings is 1. The number of methoxy groups -OCH3 is 1. The second kappa shape index (κ2) is 7.58. The molecule has 1 heterocycles. The van der Waals surface area contributed by atoms with Crippen molar-refractivity contribution >= 4 is 45.3 Å². The minimum atomic E-state index is -0.349. The Morgan fingerprint density at radius 3 is 2.73 bits per heavy atom. The molecule has 2 aromatic rings. The molecule has 2 N–H and O–H groups in total. The van der Waals surface area contributed by atoms with Gasteiger partial charge in [-0.05, 0) is 52.5 Å². The van der Waals surface area contributed by atoms with Crippen molar-refractivity contribution in [3.05, 3.63) is 38.0 Å². The van der Waals surface area contributed by atoms with Crippen LogP contribution < -0.4 is 5.64 Å². The van der Waals surface area contributed by atoms with Crippen LogP contribution in [0.25, 0.3) is 11.1 Å². The summed E-state index contributed by atoms with van der Waals surface area (Å²) in [5.41, 5.74) is 5.39.